The normalized spacial score (nSPS) is 15.8. The van der Waals surface area contributed by atoms with Gasteiger partial charge in [0.05, 0.1) is 33.9 Å². The lowest BCUT2D eigenvalue weighted by atomic mass is 10.0. The number of aliphatic hydroxyl groups excluding tert-OH is 1. The van der Waals surface area contributed by atoms with Crippen LogP contribution >= 0.6 is 7.82 Å². The van der Waals surface area contributed by atoms with Crippen LogP contribution in [0.3, 0.4) is 0 Å². The molecule has 0 saturated carbocycles. The van der Waals surface area contributed by atoms with Gasteiger partial charge in [-0.2, -0.15) is 0 Å². The second kappa shape index (κ2) is 15.0. The first-order valence-electron chi connectivity index (χ1n) is 10.3. The summed E-state index contributed by atoms with van der Waals surface area (Å²) in [5.41, 5.74) is 0. The zero-order valence-electron chi connectivity index (χ0n) is 17.5. The van der Waals surface area contributed by atoms with Crippen LogP contribution in [0.15, 0.2) is 0 Å². The molecule has 0 aromatic carbocycles. The lowest BCUT2D eigenvalue weighted by Crippen LogP contribution is -2.37. The van der Waals surface area contributed by atoms with Crippen LogP contribution < -0.4 is 0 Å². The van der Waals surface area contributed by atoms with Gasteiger partial charge >= 0.3 is 7.82 Å². The van der Waals surface area contributed by atoms with Crippen molar-refractivity contribution in [3.8, 4) is 0 Å². The number of aliphatic hydroxyl groups is 1. The van der Waals surface area contributed by atoms with Gasteiger partial charge in [-0.05, 0) is 6.42 Å². The monoisotopic (exact) mass is 396 g/mol. The number of nitrogens with zero attached hydrogens (tertiary/aromatic N) is 1. The predicted octanol–water partition coefficient (Wildman–Crippen LogP) is 4.50. The molecule has 2 atom stereocenters. The Morgan fingerprint density at radius 1 is 0.923 bits per heavy atom. The van der Waals surface area contributed by atoms with Crippen LogP contribution in [0.2, 0.25) is 0 Å². The zero-order valence-corrected chi connectivity index (χ0v) is 18.4. The van der Waals surface area contributed by atoms with Gasteiger partial charge in [0.1, 0.15) is 13.2 Å². The van der Waals surface area contributed by atoms with E-state index in [1.807, 2.05) is 21.1 Å². The first-order valence-corrected chi connectivity index (χ1v) is 11.8. The van der Waals surface area contributed by atoms with Crippen LogP contribution in [0.5, 0.6) is 0 Å². The molecule has 0 aliphatic heterocycles. The number of hydrogen-bond acceptors (Lipinski definition) is 4. The third kappa shape index (κ3) is 17.4. The summed E-state index contributed by atoms with van der Waals surface area (Å²) in [6.07, 6.45) is 12.2. The Morgan fingerprint density at radius 2 is 1.42 bits per heavy atom. The Hall–Kier alpha value is 0.0300. The van der Waals surface area contributed by atoms with Crippen LogP contribution in [0.1, 0.15) is 77.6 Å². The maximum atomic E-state index is 11.9. The smallest absolute Gasteiger partial charge is 0.394 e. The summed E-state index contributed by atoms with van der Waals surface area (Å²) < 4.78 is 22.7. The number of quaternary nitrogens is 1. The average Bonchev–Trinajstić information content (AvgIpc) is 2.53. The van der Waals surface area contributed by atoms with Crippen molar-refractivity contribution in [1.82, 2.24) is 0 Å². The van der Waals surface area contributed by atoms with Crippen LogP contribution in [0, 0.1) is 0 Å². The number of hydrogen-bond donors (Lipinski definition) is 2. The van der Waals surface area contributed by atoms with Gasteiger partial charge in [-0.25, -0.2) is 4.57 Å². The Balaban J connectivity index is 3.76. The molecular weight excluding hydrogens is 353 g/mol. The van der Waals surface area contributed by atoms with Crippen LogP contribution in [-0.2, 0) is 13.6 Å². The lowest BCUT2D eigenvalue weighted by Gasteiger charge is -2.24. The number of likely N-dealkylation sites (N-methyl/N-ethyl adjacent to an activating group) is 1. The highest BCUT2D eigenvalue weighted by atomic mass is 31.2. The van der Waals surface area contributed by atoms with Crippen LogP contribution in [0.4, 0.5) is 0 Å². The van der Waals surface area contributed by atoms with E-state index < -0.39 is 13.9 Å². The van der Waals surface area contributed by atoms with Crippen molar-refractivity contribution in [3.05, 3.63) is 0 Å². The minimum Gasteiger partial charge on any atom is -0.394 e. The molecule has 0 aliphatic rings. The molecule has 0 amide bonds. The Labute approximate surface area is 161 Å². The maximum Gasteiger partial charge on any atom is 0.472 e. The summed E-state index contributed by atoms with van der Waals surface area (Å²) in [4.78, 5) is 9.77. The van der Waals surface area contributed by atoms with E-state index in [2.05, 4.69) is 6.92 Å². The molecule has 0 bridgehead atoms. The first kappa shape index (κ1) is 26.0. The van der Waals surface area contributed by atoms with Gasteiger partial charge in [0.25, 0.3) is 0 Å². The van der Waals surface area contributed by atoms with E-state index in [-0.39, 0.29) is 13.2 Å². The highest BCUT2D eigenvalue weighted by Crippen LogP contribution is 2.45. The van der Waals surface area contributed by atoms with Gasteiger partial charge in [0.2, 0.25) is 0 Å². The highest BCUT2D eigenvalue weighted by Gasteiger charge is 2.27. The predicted molar refractivity (Wildman–Crippen MR) is 107 cm³/mol. The first-order chi connectivity index (χ1) is 12.2. The molecule has 0 fully saturated rings. The fraction of sp³-hybridized carbons (Fsp3) is 1.00. The minimum atomic E-state index is -4.10. The van der Waals surface area contributed by atoms with Crippen LogP contribution in [0.25, 0.3) is 0 Å². The molecule has 2 unspecified atom stereocenters. The Bertz CT molecular complexity index is 373. The molecule has 0 aliphatic carbocycles. The van der Waals surface area contributed by atoms with Crippen molar-refractivity contribution in [2.24, 2.45) is 0 Å². The van der Waals surface area contributed by atoms with Gasteiger partial charge in [0.15, 0.2) is 0 Å². The third-order valence-corrected chi connectivity index (χ3v) is 5.46. The van der Waals surface area contributed by atoms with Crippen molar-refractivity contribution in [1.29, 1.82) is 0 Å². The summed E-state index contributed by atoms with van der Waals surface area (Å²) in [5.74, 6) is 0. The molecule has 0 aromatic heterocycles. The van der Waals surface area contributed by atoms with Gasteiger partial charge in [-0.15, -0.1) is 0 Å². The molecule has 0 radical (unpaired) electrons. The molecule has 26 heavy (non-hydrogen) atoms. The van der Waals surface area contributed by atoms with Gasteiger partial charge in [-0.3, -0.25) is 9.05 Å². The summed E-state index contributed by atoms with van der Waals surface area (Å²) in [7, 11) is 1.84. The average molecular weight is 397 g/mol. The summed E-state index contributed by atoms with van der Waals surface area (Å²) in [6, 6.07) is 0. The third-order valence-electron chi connectivity index (χ3n) is 4.38. The van der Waals surface area contributed by atoms with Gasteiger partial charge in [-0.1, -0.05) is 71.1 Å². The van der Waals surface area contributed by atoms with Crippen molar-refractivity contribution in [3.63, 3.8) is 0 Å². The molecule has 6 nitrogen and oxygen atoms in total. The van der Waals surface area contributed by atoms with Gasteiger partial charge < -0.3 is 14.5 Å². The topological polar surface area (TPSA) is 76.0 Å². The molecule has 2 N–H and O–H groups in total. The number of phosphoric acid groups is 1. The Kier molecular flexibility index (Phi) is 15.0. The van der Waals surface area contributed by atoms with E-state index in [1.165, 1.54) is 51.4 Å². The second-order valence-corrected chi connectivity index (χ2v) is 9.60. The second-order valence-electron chi connectivity index (χ2n) is 8.20. The molecule has 7 heteroatoms. The fourth-order valence-corrected chi connectivity index (χ4v) is 3.61. The fourth-order valence-electron chi connectivity index (χ4n) is 2.69. The van der Waals surface area contributed by atoms with Gasteiger partial charge in [0, 0.05) is 0 Å². The van der Waals surface area contributed by atoms with Crippen molar-refractivity contribution < 1.29 is 28.1 Å². The van der Waals surface area contributed by atoms with Crippen molar-refractivity contribution in [2.75, 3.05) is 40.9 Å². The minimum absolute atomic E-state index is 0.147. The zero-order chi connectivity index (χ0) is 19.9. The van der Waals surface area contributed by atoms with E-state index >= 15 is 0 Å². The molecular formula is C19H43NO5P+. The molecule has 0 heterocycles. The van der Waals surface area contributed by atoms with Crippen molar-refractivity contribution >= 4 is 7.82 Å². The van der Waals surface area contributed by atoms with Crippen molar-refractivity contribution in [2.45, 2.75) is 83.7 Å². The van der Waals surface area contributed by atoms with E-state index in [0.717, 1.165) is 12.8 Å². The van der Waals surface area contributed by atoms with E-state index in [1.54, 1.807) is 0 Å². The molecule has 0 aromatic rings. The van der Waals surface area contributed by atoms with E-state index in [4.69, 9.17) is 9.05 Å². The molecule has 0 rings (SSSR count). The summed E-state index contributed by atoms with van der Waals surface area (Å²) >= 11 is 0. The van der Waals surface area contributed by atoms with Crippen LogP contribution in [-0.4, -0.2) is 61.5 Å². The molecule has 158 valence electrons. The van der Waals surface area contributed by atoms with E-state index in [9.17, 15) is 14.6 Å². The quantitative estimate of drug-likeness (QED) is 0.203. The number of unbranched alkanes of at least 4 members (excludes halogenated alkanes) is 9. The highest BCUT2D eigenvalue weighted by molar-refractivity contribution is 7.47. The SMILES string of the molecule is CCCCCCCCCCCCC(CO)OP(=O)(O)OCC[N+](C)(C)C. The largest absolute Gasteiger partial charge is 0.472 e. The Morgan fingerprint density at radius 3 is 1.88 bits per heavy atom. The lowest BCUT2D eigenvalue weighted by molar-refractivity contribution is -0.870. The van der Waals surface area contributed by atoms with E-state index in [0.29, 0.717) is 17.4 Å². The summed E-state index contributed by atoms with van der Waals surface area (Å²) in [6.45, 7) is 2.72. The molecule has 0 saturated heterocycles. The standard InChI is InChI=1S/C19H42NO5P/c1-5-6-7-8-9-10-11-12-13-14-15-19(18-21)25-26(22,23)24-17-16-20(2,3)4/h19,21H,5-18H2,1-4H3/p+1. The number of phosphoric ester groups is 1. The maximum absolute atomic E-state index is 11.9. The molecule has 0 spiro atoms. The number of rotatable bonds is 18. The summed E-state index contributed by atoms with van der Waals surface area (Å²) in [5, 5.41) is 9.37.